The van der Waals surface area contributed by atoms with Crippen molar-refractivity contribution in [3.63, 3.8) is 0 Å². The van der Waals surface area contributed by atoms with Gasteiger partial charge in [0.1, 0.15) is 33.5 Å². The maximum absolute atomic E-state index is 12.4. The molecule has 3 aromatic heterocycles. The number of aliphatic hydroxyl groups is 1. The summed E-state index contributed by atoms with van der Waals surface area (Å²) in [7, 11) is -13.3. The number of azo groups is 3. The van der Waals surface area contributed by atoms with Gasteiger partial charge in [0.2, 0.25) is 16.9 Å². The second kappa shape index (κ2) is 21.8. The number of rotatable bonds is 19. The molecular formula is C46H41N11O13S5. The third kappa shape index (κ3) is 12.4. The van der Waals surface area contributed by atoms with Gasteiger partial charge in [0.15, 0.2) is 11.3 Å². The number of aryl methyl sites for hydroxylation is 1. The number of fused-ring (bicyclic) bond motifs is 6. The highest BCUT2D eigenvalue weighted by Gasteiger charge is 2.23. The highest BCUT2D eigenvalue weighted by molar-refractivity contribution is 7.99. The van der Waals surface area contributed by atoms with Gasteiger partial charge in [0, 0.05) is 40.1 Å². The van der Waals surface area contributed by atoms with Gasteiger partial charge in [-0.1, -0.05) is 35.6 Å². The van der Waals surface area contributed by atoms with Crippen LogP contribution in [0.2, 0.25) is 0 Å². The molecule has 0 unspecified atom stereocenters. The van der Waals surface area contributed by atoms with Crippen LogP contribution < -0.4 is 10.1 Å². The van der Waals surface area contributed by atoms with Crippen molar-refractivity contribution >= 4 is 136 Å². The normalized spacial score (nSPS) is 12.6. The number of hydrogen-bond acceptors (Lipinski definition) is 21. The maximum Gasteiger partial charge on any atom is 0.296 e. The van der Waals surface area contributed by atoms with E-state index in [1.165, 1.54) is 41.7 Å². The van der Waals surface area contributed by atoms with Crippen molar-refractivity contribution in [1.29, 1.82) is 5.26 Å². The molecule has 1 amide bonds. The summed E-state index contributed by atoms with van der Waals surface area (Å²) in [5.41, 5.74) is 2.67. The quantitative estimate of drug-likeness (QED) is 0.0190. The minimum absolute atomic E-state index is 0.00381. The molecule has 0 saturated heterocycles. The lowest BCUT2D eigenvalue weighted by atomic mass is 10.1. The molecule has 388 valence electrons. The Hall–Kier alpha value is -7.40. The van der Waals surface area contributed by atoms with Crippen LogP contribution in [-0.2, 0) is 41.8 Å². The van der Waals surface area contributed by atoms with Crippen molar-refractivity contribution in [3.8, 4) is 17.7 Å². The number of benzene rings is 5. The van der Waals surface area contributed by atoms with Gasteiger partial charge in [-0.25, -0.2) is 9.97 Å². The molecule has 24 nitrogen and oxygen atoms in total. The molecule has 0 spiro atoms. The van der Waals surface area contributed by atoms with Crippen LogP contribution in [0.25, 0.3) is 37.7 Å². The maximum atomic E-state index is 12.4. The van der Waals surface area contributed by atoms with E-state index >= 15 is 0 Å². The summed E-state index contributed by atoms with van der Waals surface area (Å²) >= 11 is 2.14. The molecule has 0 atom stereocenters. The Morgan fingerprint density at radius 2 is 1.55 bits per heavy atom. The smallest absolute Gasteiger partial charge is 0.296 e. The second-order valence-electron chi connectivity index (χ2n) is 16.5. The minimum Gasteiger partial charge on any atom is -0.493 e. The number of ether oxygens (including phenoxy) is 1. The number of pyridine rings is 1. The first kappa shape index (κ1) is 53.9. The number of carbonyl (C=O) groups excluding carboxylic acids is 1. The predicted octanol–water partition coefficient (Wildman–Crippen LogP) is 10.4. The van der Waals surface area contributed by atoms with Crippen molar-refractivity contribution in [2.45, 2.75) is 50.0 Å². The van der Waals surface area contributed by atoms with Gasteiger partial charge in [-0.2, -0.15) is 35.6 Å². The summed E-state index contributed by atoms with van der Waals surface area (Å²) < 4.78 is 107. The molecular weight excluding hydrogens is 1070 g/mol. The van der Waals surface area contributed by atoms with Gasteiger partial charge in [-0.15, -0.1) is 37.3 Å². The van der Waals surface area contributed by atoms with Crippen molar-refractivity contribution < 1.29 is 58.7 Å². The summed E-state index contributed by atoms with van der Waals surface area (Å²) in [6, 6.07) is 21.0. The first-order valence-electron chi connectivity index (χ1n) is 22.0. The van der Waals surface area contributed by atoms with E-state index in [9.17, 15) is 59.2 Å². The molecule has 29 heteroatoms. The average molecular weight is 1120 g/mol. The largest absolute Gasteiger partial charge is 0.493 e. The standard InChI is InChI=1S/C46H41N11O13S5/c1-24-16-35(53-55-41-25(2)31(22-47)44-49-34-19-29(48-26(3)59)10-11-37(34)57(44)45(41)60)38(70-12-6-14-73(61,62)63)20-32(24)51-54-36-17-28(23-58)33(21-39(36)71-13-7-15-74(64,65)66)52-56-46-50-42-40(75(67,68)69)18-27-8-4-5-9-30(27)43(42)72-46/h4-5,8-11,16-21,58,60H,6-7,12-15,23H2,1-3H3,(H,48,59)(H,61,62,63)(H,64,65,66)(H,67,68,69). The van der Waals surface area contributed by atoms with Gasteiger partial charge in [0.25, 0.3) is 30.4 Å². The minimum atomic E-state index is -4.70. The lowest BCUT2D eigenvalue weighted by Crippen LogP contribution is -2.08. The molecule has 0 aliphatic rings. The Morgan fingerprint density at radius 1 is 0.840 bits per heavy atom. The fourth-order valence-corrected chi connectivity index (χ4v) is 11.4. The van der Waals surface area contributed by atoms with E-state index in [0.717, 1.165) is 23.1 Å². The van der Waals surface area contributed by atoms with Crippen LogP contribution in [-0.4, -0.2) is 93.3 Å². The zero-order chi connectivity index (χ0) is 54.0. The molecule has 5 aromatic carbocycles. The topological polar surface area (TPSA) is 370 Å². The third-order valence-electron chi connectivity index (χ3n) is 11.1. The van der Waals surface area contributed by atoms with Crippen molar-refractivity contribution in [3.05, 3.63) is 95.1 Å². The van der Waals surface area contributed by atoms with Crippen LogP contribution in [0.1, 0.15) is 42.0 Å². The zero-order valence-corrected chi connectivity index (χ0v) is 43.5. The summed E-state index contributed by atoms with van der Waals surface area (Å²) in [5.74, 6) is -1.75. The predicted molar refractivity (Wildman–Crippen MR) is 279 cm³/mol. The van der Waals surface area contributed by atoms with Gasteiger partial charge in [-0.3, -0.25) is 22.9 Å². The number of nitriles is 1. The number of thiazole rings is 1. The molecule has 0 bridgehead atoms. The van der Waals surface area contributed by atoms with Gasteiger partial charge < -0.3 is 20.3 Å². The van der Waals surface area contributed by atoms with Crippen LogP contribution in [0, 0.1) is 25.2 Å². The lowest BCUT2D eigenvalue weighted by molar-refractivity contribution is -0.114. The van der Waals surface area contributed by atoms with Crippen LogP contribution >= 0.6 is 23.1 Å². The number of imidazole rings is 1. The van der Waals surface area contributed by atoms with E-state index in [1.54, 1.807) is 56.3 Å². The Kier molecular flexibility index (Phi) is 15.7. The van der Waals surface area contributed by atoms with Crippen LogP contribution in [0.4, 0.5) is 39.3 Å². The Balaban J connectivity index is 1.17. The Labute approximate surface area is 434 Å². The molecule has 6 N–H and O–H groups in total. The number of aromatic nitrogens is 3. The fraction of sp³-hybridized carbons (Fsp3) is 0.217. The summed E-state index contributed by atoms with van der Waals surface area (Å²) in [5, 5.41) is 62.5. The number of nitrogens with zero attached hydrogens (tertiary/aromatic N) is 10. The number of anilines is 1. The zero-order valence-electron chi connectivity index (χ0n) is 39.4. The molecule has 8 aromatic rings. The third-order valence-corrected chi connectivity index (χ3v) is 15.6. The van der Waals surface area contributed by atoms with Gasteiger partial charge >= 0.3 is 0 Å². The molecule has 0 fully saturated rings. The lowest BCUT2D eigenvalue weighted by Gasteiger charge is -2.12. The monoisotopic (exact) mass is 1120 g/mol. The number of carbonyl (C=O) groups is 1. The van der Waals surface area contributed by atoms with Gasteiger partial charge in [0.05, 0.1) is 57.5 Å². The Morgan fingerprint density at radius 3 is 2.25 bits per heavy atom. The van der Waals surface area contributed by atoms with E-state index in [2.05, 4.69) is 52.0 Å². The number of amides is 1. The number of aromatic hydroxyl groups is 1. The molecule has 0 aliphatic carbocycles. The molecule has 3 heterocycles. The Bertz CT molecular complexity index is 4120. The highest BCUT2D eigenvalue weighted by Crippen LogP contribution is 2.44. The number of hydrogen-bond donors (Lipinski definition) is 6. The van der Waals surface area contributed by atoms with E-state index < -0.39 is 59.2 Å². The van der Waals surface area contributed by atoms with E-state index in [0.29, 0.717) is 42.7 Å². The van der Waals surface area contributed by atoms with E-state index in [4.69, 9.17) is 4.74 Å². The van der Waals surface area contributed by atoms with Crippen LogP contribution in [0.3, 0.4) is 0 Å². The molecule has 8 rings (SSSR count). The summed E-state index contributed by atoms with van der Waals surface area (Å²) in [6.45, 7) is 3.72. The van der Waals surface area contributed by atoms with E-state index in [1.807, 2.05) is 0 Å². The molecule has 75 heavy (non-hydrogen) atoms. The van der Waals surface area contributed by atoms with Crippen LogP contribution in [0.15, 0.2) is 113 Å². The number of aliphatic hydroxyl groups excluding tert-OH is 1. The van der Waals surface area contributed by atoms with Crippen LogP contribution in [0.5, 0.6) is 11.6 Å². The molecule has 0 saturated carbocycles. The fourth-order valence-electron chi connectivity index (χ4n) is 7.63. The van der Waals surface area contributed by atoms with Crippen molar-refractivity contribution in [2.24, 2.45) is 30.7 Å². The van der Waals surface area contributed by atoms with Crippen molar-refractivity contribution in [1.82, 2.24) is 14.4 Å². The highest BCUT2D eigenvalue weighted by atomic mass is 32.2. The summed E-state index contributed by atoms with van der Waals surface area (Å²) in [6.07, 6.45) is -0.128. The number of thioether (sulfide) groups is 1. The van der Waals surface area contributed by atoms with Crippen molar-refractivity contribution in [2.75, 3.05) is 29.2 Å². The summed E-state index contributed by atoms with van der Waals surface area (Å²) in [4.78, 5) is 20.5. The SMILES string of the molecule is CC(=O)Nc1ccc2c(c1)nc1c(C#N)c(C)c(N=Nc3cc(C)c(N=Nc4cc(CO)c(N=Nc5nc6c(S(=O)(=O)O)cc7ccccc7c6s5)cc4SCCCS(=O)(=O)O)cc3OCCCS(=O)(=O)O)c(O)n12. The molecule has 0 radical (unpaired) electrons. The van der Waals surface area contributed by atoms with E-state index in [-0.39, 0.29) is 98.3 Å². The molecule has 0 aliphatic heterocycles. The number of nitrogens with one attached hydrogen (secondary N) is 1. The first-order valence-corrected chi connectivity index (χ1v) is 28.5. The second-order valence-corrected chi connectivity index (χ2v) is 23.1. The first-order chi connectivity index (χ1) is 35.5. The van der Waals surface area contributed by atoms with Gasteiger partial charge in [-0.05, 0) is 85.9 Å². The average Bonchev–Trinajstić information content (AvgIpc) is 3.97.